The lowest BCUT2D eigenvalue weighted by molar-refractivity contribution is -0.167. The molecular weight excluding hydrogens is 721 g/mol. The van der Waals surface area contributed by atoms with Gasteiger partial charge in [-0.1, -0.05) is 164 Å². The van der Waals surface area contributed by atoms with E-state index < -0.39 is 6.10 Å². The molecule has 330 valence electrons. The van der Waals surface area contributed by atoms with E-state index in [1.54, 1.807) is 0 Å². The van der Waals surface area contributed by atoms with E-state index in [1.165, 1.54) is 44.9 Å². The number of unbranched alkanes of at least 4 members (excludes halogenated alkanes) is 16. The van der Waals surface area contributed by atoms with E-state index in [9.17, 15) is 14.4 Å². The van der Waals surface area contributed by atoms with E-state index >= 15 is 0 Å². The lowest BCUT2D eigenvalue weighted by Crippen LogP contribution is -2.30. The van der Waals surface area contributed by atoms with E-state index in [4.69, 9.17) is 14.2 Å². The molecule has 1 atom stereocenters. The Morgan fingerprint density at radius 1 is 0.362 bits per heavy atom. The summed E-state index contributed by atoms with van der Waals surface area (Å²) in [6, 6.07) is 0. The average molecular weight is 807 g/mol. The molecule has 0 heterocycles. The van der Waals surface area contributed by atoms with E-state index in [0.717, 1.165) is 122 Å². The third-order valence-corrected chi connectivity index (χ3v) is 9.61. The van der Waals surface area contributed by atoms with Crippen LogP contribution in [0.3, 0.4) is 0 Å². The lowest BCUT2D eigenvalue weighted by atomic mass is 10.1. The molecule has 6 nitrogen and oxygen atoms in total. The topological polar surface area (TPSA) is 78.9 Å². The third kappa shape index (κ3) is 43.7. The second-order valence-corrected chi connectivity index (χ2v) is 15.2. The first-order chi connectivity index (χ1) is 28.5. The maximum Gasteiger partial charge on any atom is 0.306 e. The van der Waals surface area contributed by atoms with Crippen LogP contribution in [0.1, 0.15) is 207 Å². The summed E-state index contributed by atoms with van der Waals surface area (Å²) in [6.07, 6.45) is 58.6. The zero-order valence-electron chi connectivity index (χ0n) is 37.5. The van der Waals surface area contributed by atoms with Gasteiger partial charge in [0.1, 0.15) is 13.2 Å². The molecular formula is C52H86O6. The molecule has 0 bridgehead atoms. The molecule has 0 saturated heterocycles. The fourth-order valence-electron chi connectivity index (χ4n) is 6.11. The van der Waals surface area contributed by atoms with Gasteiger partial charge in [0.25, 0.3) is 0 Å². The van der Waals surface area contributed by atoms with Gasteiger partial charge in [-0.2, -0.15) is 0 Å². The zero-order chi connectivity index (χ0) is 42.3. The molecule has 0 aliphatic rings. The van der Waals surface area contributed by atoms with E-state index in [1.807, 2.05) is 0 Å². The van der Waals surface area contributed by atoms with Crippen LogP contribution in [0.25, 0.3) is 0 Å². The summed E-state index contributed by atoms with van der Waals surface area (Å²) in [5.74, 6) is -0.991. The summed E-state index contributed by atoms with van der Waals surface area (Å²) < 4.78 is 16.7. The standard InChI is InChI=1S/C52H86O6/c1-4-7-10-13-16-19-22-25-27-30-33-36-39-42-45-51(54)57-48-49(47-56-50(53)44-41-38-35-32-29-24-21-18-15-12-9-6-3)58-52(55)46-43-40-37-34-31-28-26-23-20-17-14-11-8-5-2/h7,9-10,12,16,18-19,21,25,27-29,31-32,49H,4-6,8,11,13-15,17,20,22-24,26,30,33-48H2,1-3H3/b10-7-,12-9-,19-16-,21-18-,27-25-,31-28-,32-29-. The van der Waals surface area contributed by atoms with Gasteiger partial charge in [0.05, 0.1) is 0 Å². The number of esters is 3. The minimum Gasteiger partial charge on any atom is -0.462 e. The van der Waals surface area contributed by atoms with Gasteiger partial charge in [0.15, 0.2) is 6.10 Å². The van der Waals surface area contributed by atoms with Gasteiger partial charge in [0, 0.05) is 19.3 Å². The van der Waals surface area contributed by atoms with Crippen LogP contribution in [-0.2, 0) is 28.6 Å². The molecule has 0 aliphatic carbocycles. The highest BCUT2D eigenvalue weighted by molar-refractivity contribution is 5.71. The number of hydrogen-bond acceptors (Lipinski definition) is 6. The quantitative estimate of drug-likeness (QED) is 0.0265. The Balaban J connectivity index is 4.50. The Bertz CT molecular complexity index is 1160. The minimum atomic E-state index is -0.808. The molecule has 1 unspecified atom stereocenters. The Kier molecular flexibility index (Phi) is 43.6. The van der Waals surface area contributed by atoms with E-state index in [2.05, 4.69) is 106 Å². The Labute approximate surface area is 356 Å². The molecule has 0 saturated carbocycles. The van der Waals surface area contributed by atoms with Crippen molar-refractivity contribution >= 4 is 17.9 Å². The third-order valence-electron chi connectivity index (χ3n) is 9.61. The summed E-state index contributed by atoms with van der Waals surface area (Å²) in [7, 11) is 0. The van der Waals surface area contributed by atoms with Crippen LogP contribution in [0.15, 0.2) is 85.1 Å². The van der Waals surface area contributed by atoms with E-state index in [-0.39, 0.29) is 31.1 Å². The monoisotopic (exact) mass is 807 g/mol. The summed E-state index contributed by atoms with van der Waals surface area (Å²) in [4.78, 5) is 37.8. The molecule has 58 heavy (non-hydrogen) atoms. The highest BCUT2D eigenvalue weighted by atomic mass is 16.6. The fourth-order valence-corrected chi connectivity index (χ4v) is 6.11. The van der Waals surface area contributed by atoms with Crippen LogP contribution in [-0.4, -0.2) is 37.2 Å². The van der Waals surface area contributed by atoms with Gasteiger partial charge in [-0.15, -0.1) is 0 Å². The van der Waals surface area contributed by atoms with Crippen molar-refractivity contribution in [2.45, 2.75) is 213 Å². The number of carbonyl (C=O) groups excluding carboxylic acids is 3. The summed E-state index contributed by atoms with van der Waals surface area (Å²) in [6.45, 7) is 6.32. The second-order valence-electron chi connectivity index (χ2n) is 15.2. The molecule has 0 radical (unpaired) electrons. The van der Waals surface area contributed by atoms with Crippen LogP contribution >= 0.6 is 0 Å². The van der Waals surface area contributed by atoms with Crippen molar-refractivity contribution in [3.05, 3.63) is 85.1 Å². The highest BCUT2D eigenvalue weighted by Crippen LogP contribution is 2.12. The number of allylic oxidation sites excluding steroid dienone is 14. The van der Waals surface area contributed by atoms with Crippen molar-refractivity contribution in [1.29, 1.82) is 0 Å². The van der Waals surface area contributed by atoms with Gasteiger partial charge in [-0.25, -0.2) is 0 Å². The average Bonchev–Trinajstić information content (AvgIpc) is 3.22. The second kappa shape index (κ2) is 46.3. The highest BCUT2D eigenvalue weighted by Gasteiger charge is 2.19. The molecule has 0 amide bonds. The molecule has 0 N–H and O–H groups in total. The molecule has 0 fully saturated rings. The number of carbonyl (C=O) groups is 3. The van der Waals surface area contributed by atoms with Crippen molar-refractivity contribution in [2.24, 2.45) is 0 Å². The number of ether oxygens (including phenoxy) is 3. The molecule has 0 aromatic carbocycles. The van der Waals surface area contributed by atoms with Crippen molar-refractivity contribution in [3.63, 3.8) is 0 Å². The van der Waals surface area contributed by atoms with Crippen LogP contribution in [0.4, 0.5) is 0 Å². The van der Waals surface area contributed by atoms with Crippen molar-refractivity contribution in [3.8, 4) is 0 Å². The van der Waals surface area contributed by atoms with Gasteiger partial charge in [0.2, 0.25) is 0 Å². The van der Waals surface area contributed by atoms with Crippen LogP contribution in [0, 0.1) is 0 Å². The van der Waals surface area contributed by atoms with Crippen molar-refractivity contribution in [2.75, 3.05) is 13.2 Å². The SMILES string of the molecule is CC/C=C\C/C=C\C/C=C\CCCCCCC(=O)OCC(COC(=O)CCCC/C=C\C/C=C\C/C=C\CC)OC(=O)CCCCC/C=C\CCCCCCCCC. The van der Waals surface area contributed by atoms with Gasteiger partial charge in [-0.3, -0.25) is 14.4 Å². The van der Waals surface area contributed by atoms with Gasteiger partial charge >= 0.3 is 17.9 Å². The summed E-state index contributed by atoms with van der Waals surface area (Å²) >= 11 is 0. The lowest BCUT2D eigenvalue weighted by Gasteiger charge is -2.18. The van der Waals surface area contributed by atoms with Gasteiger partial charge in [-0.05, 0) is 109 Å². The Morgan fingerprint density at radius 2 is 0.672 bits per heavy atom. The summed E-state index contributed by atoms with van der Waals surface area (Å²) in [5, 5.41) is 0. The molecule has 0 aliphatic heterocycles. The Hall–Kier alpha value is -3.41. The fraction of sp³-hybridized carbons (Fsp3) is 0.673. The largest absolute Gasteiger partial charge is 0.462 e. The first-order valence-corrected chi connectivity index (χ1v) is 23.6. The number of hydrogen-bond donors (Lipinski definition) is 0. The molecule has 0 rings (SSSR count). The summed E-state index contributed by atoms with van der Waals surface area (Å²) in [5.41, 5.74) is 0. The molecule has 0 aromatic rings. The maximum absolute atomic E-state index is 12.7. The van der Waals surface area contributed by atoms with E-state index in [0.29, 0.717) is 19.3 Å². The smallest absolute Gasteiger partial charge is 0.306 e. The van der Waals surface area contributed by atoms with Crippen molar-refractivity contribution in [1.82, 2.24) is 0 Å². The zero-order valence-corrected chi connectivity index (χ0v) is 37.5. The predicted octanol–water partition coefficient (Wildman–Crippen LogP) is 15.3. The minimum absolute atomic E-state index is 0.107. The number of rotatable bonds is 41. The van der Waals surface area contributed by atoms with Gasteiger partial charge < -0.3 is 14.2 Å². The van der Waals surface area contributed by atoms with Crippen LogP contribution in [0.5, 0.6) is 0 Å². The first kappa shape index (κ1) is 54.6. The molecule has 0 spiro atoms. The van der Waals surface area contributed by atoms with Crippen LogP contribution < -0.4 is 0 Å². The maximum atomic E-state index is 12.7. The molecule has 0 aromatic heterocycles. The molecule has 6 heteroatoms. The predicted molar refractivity (Wildman–Crippen MR) is 247 cm³/mol. The van der Waals surface area contributed by atoms with Crippen molar-refractivity contribution < 1.29 is 28.6 Å². The Morgan fingerprint density at radius 3 is 1.12 bits per heavy atom. The normalized spacial score (nSPS) is 12.8. The van der Waals surface area contributed by atoms with Crippen LogP contribution in [0.2, 0.25) is 0 Å². The first-order valence-electron chi connectivity index (χ1n) is 23.6.